The average molecular weight is 290 g/mol. The number of carbonyl (C=O) groups is 1. The minimum absolute atomic E-state index is 0.183. The van der Waals surface area contributed by atoms with Gasteiger partial charge in [0.1, 0.15) is 12.0 Å². The van der Waals surface area contributed by atoms with E-state index in [9.17, 15) is 4.79 Å². The second-order valence-electron chi connectivity index (χ2n) is 5.42. The van der Waals surface area contributed by atoms with Gasteiger partial charge in [-0.3, -0.25) is 15.6 Å². The number of hydrazine groups is 1. The van der Waals surface area contributed by atoms with Gasteiger partial charge in [0.15, 0.2) is 17.4 Å². The molecule has 0 aliphatic rings. The summed E-state index contributed by atoms with van der Waals surface area (Å²) < 4.78 is 4.98. The lowest BCUT2D eigenvalue weighted by Gasteiger charge is -2.22. The number of amides is 1. The number of nitrogens with one attached hydrogen (secondary N) is 3. The lowest BCUT2D eigenvalue weighted by molar-refractivity contribution is 0.0935. The Labute approximate surface area is 122 Å². The molecule has 0 aliphatic carbocycles. The number of rotatable bonds is 4. The summed E-state index contributed by atoms with van der Waals surface area (Å²) >= 11 is 0. The van der Waals surface area contributed by atoms with E-state index in [1.807, 2.05) is 20.8 Å². The van der Waals surface area contributed by atoms with E-state index in [0.29, 0.717) is 17.3 Å². The van der Waals surface area contributed by atoms with Crippen molar-refractivity contribution < 1.29 is 9.21 Å². The van der Waals surface area contributed by atoms with Crippen molar-refractivity contribution in [1.29, 1.82) is 0 Å². The minimum atomic E-state index is -0.427. The largest absolute Gasteiger partial charge is 0.459 e. The molecule has 2 rings (SSSR count). The topological polar surface area (TPSA) is 118 Å². The molecule has 0 saturated heterocycles. The molecule has 0 aromatic carbocycles. The number of anilines is 3. The molecule has 21 heavy (non-hydrogen) atoms. The van der Waals surface area contributed by atoms with Crippen LogP contribution in [-0.2, 0) is 0 Å². The summed E-state index contributed by atoms with van der Waals surface area (Å²) in [5.41, 5.74) is 11.2. The Morgan fingerprint density at radius 1 is 1.29 bits per heavy atom. The van der Waals surface area contributed by atoms with E-state index in [1.54, 1.807) is 12.1 Å². The Hall–Kier alpha value is -2.77. The van der Waals surface area contributed by atoms with Crippen molar-refractivity contribution in [2.45, 2.75) is 26.3 Å². The van der Waals surface area contributed by atoms with E-state index in [2.05, 4.69) is 26.1 Å². The summed E-state index contributed by atoms with van der Waals surface area (Å²) in [5, 5.41) is 3.16. The zero-order chi connectivity index (χ0) is 15.5. The number of nitrogens with zero attached hydrogens (tertiary/aromatic N) is 2. The molecule has 5 N–H and O–H groups in total. The average Bonchev–Trinajstić information content (AvgIpc) is 2.92. The zero-order valence-electron chi connectivity index (χ0n) is 12.1. The van der Waals surface area contributed by atoms with Crippen LogP contribution in [0.3, 0.4) is 0 Å². The molecule has 2 heterocycles. The maximum absolute atomic E-state index is 11.7. The Kier molecular flexibility index (Phi) is 3.97. The summed E-state index contributed by atoms with van der Waals surface area (Å²) in [5.74, 6) is 0.551. The third-order valence-corrected chi connectivity index (χ3v) is 2.42. The van der Waals surface area contributed by atoms with Gasteiger partial charge in [0.2, 0.25) is 0 Å². The summed E-state index contributed by atoms with van der Waals surface area (Å²) in [7, 11) is 0. The highest BCUT2D eigenvalue weighted by atomic mass is 16.3. The normalized spacial score (nSPS) is 11.0. The molecule has 0 radical (unpaired) electrons. The van der Waals surface area contributed by atoms with Crippen molar-refractivity contribution in [3.8, 4) is 0 Å². The summed E-state index contributed by atoms with van der Waals surface area (Å²) in [6, 6.07) is 3.17. The van der Waals surface area contributed by atoms with Crippen molar-refractivity contribution in [2.75, 3.05) is 16.5 Å². The van der Waals surface area contributed by atoms with E-state index < -0.39 is 5.91 Å². The lowest BCUT2D eigenvalue weighted by atomic mass is 10.1. The molecule has 2 aromatic rings. The summed E-state index contributed by atoms with van der Waals surface area (Å²) in [6.07, 6.45) is 2.77. The predicted octanol–water partition coefficient (Wildman–Crippen LogP) is 1.62. The number of furan rings is 1. The number of carbonyl (C=O) groups excluding carboxylic acids is 1. The molecule has 8 heteroatoms. The quantitative estimate of drug-likeness (QED) is 0.632. The molecule has 0 fully saturated rings. The summed E-state index contributed by atoms with van der Waals surface area (Å²) in [6.45, 7) is 5.96. The predicted molar refractivity (Wildman–Crippen MR) is 79.6 cm³/mol. The van der Waals surface area contributed by atoms with Crippen LogP contribution >= 0.6 is 0 Å². The second kappa shape index (κ2) is 5.70. The van der Waals surface area contributed by atoms with E-state index in [4.69, 9.17) is 10.2 Å². The van der Waals surface area contributed by atoms with Gasteiger partial charge in [-0.2, -0.15) is 0 Å². The van der Waals surface area contributed by atoms with Crippen molar-refractivity contribution >= 4 is 23.2 Å². The highest BCUT2D eigenvalue weighted by Crippen LogP contribution is 2.24. The van der Waals surface area contributed by atoms with Crippen LogP contribution < -0.4 is 21.9 Å². The fourth-order valence-corrected chi connectivity index (χ4v) is 1.54. The number of nitrogens with two attached hydrogens (primary N) is 1. The lowest BCUT2D eigenvalue weighted by Crippen LogP contribution is -2.31. The van der Waals surface area contributed by atoms with Crippen LogP contribution in [0.15, 0.2) is 29.1 Å². The van der Waals surface area contributed by atoms with Crippen LogP contribution in [0, 0.1) is 0 Å². The molecule has 2 aromatic heterocycles. The van der Waals surface area contributed by atoms with Gasteiger partial charge in [0.25, 0.3) is 0 Å². The van der Waals surface area contributed by atoms with Gasteiger partial charge < -0.3 is 15.5 Å². The maximum Gasteiger partial charge on any atom is 0.305 e. The molecular formula is C13H18N6O2. The molecule has 112 valence electrons. The van der Waals surface area contributed by atoms with E-state index >= 15 is 0 Å². The molecule has 8 nitrogen and oxygen atoms in total. The first-order valence-corrected chi connectivity index (χ1v) is 6.35. The van der Waals surface area contributed by atoms with Gasteiger partial charge in [0.05, 0.1) is 6.26 Å². The monoisotopic (exact) mass is 290 g/mol. The number of hydrogen-bond donors (Lipinski definition) is 4. The number of hydrogen-bond acceptors (Lipinski definition) is 7. The molecule has 0 bridgehead atoms. The molecule has 0 aliphatic heterocycles. The Morgan fingerprint density at radius 2 is 2.00 bits per heavy atom. The Bertz CT molecular complexity index is 618. The van der Waals surface area contributed by atoms with Crippen LogP contribution in [0.25, 0.3) is 0 Å². The first-order valence-electron chi connectivity index (χ1n) is 6.35. The SMILES string of the molecule is CC(C)(C)Nc1ncnc(NNC(=O)c2ccco2)c1N. The van der Waals surface area contributed by atoms with Gasteiger partial charge in [-0.15, -0.1) is 0 Å². The van der Waals surface area contributed by atoms with Crippen LogP contribution in [0.5, 0.6) is 0 Å². The smallest absolute Gasteiger partial charge is 0.305 e. The third kappa shape index (κ3) is 3.85. The molecular weight excluding hydrogens is 272 g/mol. The minimum Gasteiger partial charge on any atom is -0.459 e. The van der Waals surface area contributed by atoms with Crippen molar-refractivity contribution in [3.05, 3.63) is 30.5 Å². The van der Waals surface area contributed by atoms with Gasteiger partial charge >= 0.3 is 5.91 Å². The first-order chi connectivity index (χ1) is 9.87. The molecule has 0 spiro atoms. The van der Waals surface area contributed by atoms with Crippen molar-refractivity contribution in [2.24, 2.45) is 0 Å². The van der Waals surface area contributed by atoms with Gasteiger partial charge in [-0.1, -0.05) is 0 Å². The maximum atomic E-state index is 11.7. The number of nitrogen functional groups attached to an aromatic ring is 1. The fraction of sp³-hybridized carbons (Fsp3) is 0.308. The highest BCUT2D eigenvalue weighted by molar-refractivity contribution is 5.92. The molecule has 0 atom stereocenters. The van der Waals surface area contributed by atoms with Crippen molar-refractivity contribution in [1.82, 2.24) is 15.4 Å². The van der Waals surface area contributed by atoms with E-state index in [-0.39, 0.29) is 11.3 Å². The van der Waals surface area contributed by atoms with E-state index in [1.165, 1.54) is 12.6 Å². The molecule has 0 unspecified atom stereocenters. The standard InChI is InChI=1S/C13H18N6O2/c1-13(2,3)17-10-9(14)11(16-7-15-10)18-19-12(20)8-5-4-6-21-8/h4-7H,14H2,1-3H3,(H,19,20)(H2,15,16,17,18). The van der Waals surface area contributed by atoms with Crippen LogP contribution in [-0.4, -0.2) is 21.4 Å². The zero-order valence-corrected chi connectivity index (χ0v) is 12.1. The second-order valence-corrected chi connectivity index (χ2v) is 5.42. The van der Waals surface area contributed by atoms with Crippen LogP contribution in [0.4, 0.5) is 17.3 Å². The molecule has 1 amide bonds. The number of aromatic nitrogens is 2. The van der Waals surface area contributed by atoms with Crippen molar-refractivity contribution in [3.63, 3.8) is 0 Å². The Morgan fingerprint density at radius 3 is 2.62 bits per heavy atom. The summed E-state index contributed by atoms with van der Waals surface area (Å²) in [4.78, 5) is 19.8. The van der Waals surface area contributed by atoms with Gasteiger partial charge in [-0.05, 0) is 32.9 Å². The van der Waals surface area contributed by atoms with Crippen LogP contribution in [0.1, 0.15) is 31.3 Å². The third-order valence-electron chi connectivity index (χ3n) is 2.42. The first kappa shape index (κ1) is 14.6. The Balaban J connectivity index is 2.07. The van der Waals surface area contributed by atoms with Gasteiger partial charge in [-0.25, -0.2) is 9.97 Å². The molecule has 0 saturated carbocycles. The van der Waals surface area contributed by atoms with E-state index in [0.717, 1.165) is 0 Å². The van der Waals surface area contributed by atoms with Crippen LogP contribution in [0.2, 0.25) is 0 Å². The highest BCUT2D eigenvalue weighted by Gasteiger charge is 2.15. The van der Waals surface area contributed by atoms with Gasteiger partial charge in [0, 0.05) is 5.54 Å². The fourth-order valence-electron chi connectivity index (χ4n) is 1.54.